The molecular weight excluding hydrogens is 420 g/mol. The zero-order chi connectivity index (χ0) is 19.3. The zero-order valence-corrected chi connectivity index (χ0v) is 22.1. The van der Waals surface area contributed by atoms with Gasteiger partial charge in [0, 0.05) is 0 Å². The molecule has 0 fully saturated rings. The standard InChI is InChI=1S/C22H37.CH3NS2.Zn/c1-2-3-4-5-6-7-8-9-10-11-12-13-14-16-19-22-20-17-15-18-21-22;2-1(3)4;/h15,17-18,20H,2-14,16,19H2,1H3;(H3,2,3,4);/q-1;;+2/p-1. The fourth-order valence-electron chi connectivity index (χ4n) is 3.10. The van der Waals surface area contributed by atoms with Gasteiger partial charge >= 0.3 is 19.5 Å². The van der Waals surface area contributed by atoms with Gasteiger partial charge in [0.2, 0.25) is 0 Å². The number of hydrogen-bond donors (Lipinski definition) is 1. The van der Waals surface area contributed by atoms with Crippen molar-refractivity contribution in [3.8, 4) is 0 Å². The molecule has 0 aromatic heterocycles. The number of aryl methyl sites for hydroxylation is 1. The maximum atomic E-state index is 4.66. The van der Waals surface area contributed by atoms with Crippen LogP contribution in [0.1, 0.15) is 102 Å². The first-order chi connectivity index (χ1) is 12.7. The molecule has 0 spiro atoms. The molecule has 4 heteroatoms. The summed E-state index contributed by atoms with van der Waals surface area (Å²) in [6.45, 7) is 2.29. The summed E-state index contributed by atoms with van der Waals surface area (Å²) in [5.41, 5.74) is 6.03. The molecule has 0 aliphatic rings. The largest absolute Gasteiger partial charge is 2.00 e. The molecule has 0 atom stereocenters. The van der Waals surface area contributed by atoms with Crippen LogP contribution in [0.2, 0.25) is 0 Å². The van der Waals surface area contributed by atoms with Crippen molar-refractivity contribution in [2.24, 2.45) is 5.73 Å². The van der Waals surface area contributed by atoms with Crippen LogP contribution in [0.3, 0.4) is 0 Å². The first-order valence-corrected chi connectivity index (χ1v) is 11.4. The normalized spacial score (nSPS) is 9.81. The predicted molar refractivity (Wildman–Crippen MR) is 123 cm³/mol. The van der Waals surface area contributed by atoms with Gasteiger partial charge in [-0.05, 0) is 0 Å². The minimum absolute atomic E-state index is 0. The van der Waals surface area contributed by atoms with E-state index in [0.717, 1.165) is 0 Å². The van der Waals surface area contributed by atoms with Crippen LogP contribution in [-0.2, 0) is 38.5 Å². The summed E-state index contributed by atoms with van der Waals surface area (Å²) in [5.74, 6) is 0. The molecule has 1 aromatic carbocycles. The van der Waals surface area contributed by atoms with Gasteiger partial charge in [-0.2, -0.15) is 35.9 Å². The van der Waals surface area contributed by atoms with Gasteiger partial charge in [0.25, 0.3) is 0 Å². The van der Waals surface area contributed by atoms with E-state index in [1.165, 1.54) is 102 Å². The van der Waals surface area contributed by atoms with Gasteiger partial charge in [-0.1, -0.05) is 108 Å². The molecule has 2 N–H and O–H groups in total. The fraction of sp³-hybridized carbons (Fsp3) is 0.696. The average Bonchev–Trinajstić information content (AvgIpc) is 2.62. The fourth-order valence-corrected chi connectivity index (χ4v) is 3.10. The summed E-state index contributed by atoms with van der Waals surface area (Å²) in [6.07, 6.45) is 21.3. The minimum atomic E-state index is 0. The second kappa shape index (κ2) is 24.0. The Morgan fingerprint density at radius 1 is 0.852 bits per heavy atom. The average molecular weight is 459 g/mol. The molecule has 0 unspecified atom stereocenters. The number of thiocarbonyl (C=S) groups is 1. The maximum absolute atomic E-state index is 4.66. The predicted octanol–water partition coefficient (Wildman–Crippen LogP) is 7.28. The van der Waals surface area contributed by atoms with Crippen LogP contribution >= 0.6 is 12.2 Å². The summed E-state index contributed by atoms with van der Waals surface area (Å²) in [6, 6.07) is 11.7. The van der Waals surface area contributed by atoms with Crippen molar-refractivity contribution in [2.75, 3.05) is 0 Å². The van der Waals surface area contributed by atoms with Crippen LogP contribution in [0.5, 0.6) is 0 Å². The zero-order valence-electron chi connectivity index (χ0n) is 17.5. The van der Waals surface area contributed by atoms with E-state index >= 15 is 0 Å². The second-order valence-corrected chi connectivity index (χ2v) is 8.19. The molecule has 0 aliphatic carbocycles. The Bertz CT molecular complexity index is 408. The van der Waals surface area contributed by atoms with Crippen molar-refractivity contribution in [1.82, 2.24) is 0 Å². The summed E-state index contributed by atoms with van der Waals surface area (Å²) in [5, 5.41) is 0. The molecule has 150 valence electrons. The summed E-state index contributed by atoms with van der Waals surface area (Å²) < 4.78 is 0.0833. The third-order valence-corrected chi connectivity index (χ3v) is 4.57. The first-order valence-electron chi connectivity index (χ1n) is 10.6. The molecule has 1 rings (SSSR count). The van der Waals surface area contributed by atoms with Gasteiger partial charge in [-0.25, -0.2) is 0 Å². The smallest absolute Gasteiger partial charge is 0.415 e. The van der Waals surface area contributed by atoms with Crippen LogP contribution in [0.25, 0.3) is 0 Å². The molecule has 1 aromatic rings. The van der Waals surface area contributed by atoms with Gasteiger partial charge in [-0.3, -0.25) is 0 Å². The SMILES string of the molecule is CCCCCCCCCCCCCCCCc1[c-]cccc1.NC(=S)[S-].[Zn+2]. The van der Waals surface area contributed by atoms with E-state index in [2.05, 4.69) is 61.8 Å². The molecule has 1 nitrogen and oxygen atoms in total. The number of hydrogen-bond acceptors (Lipinski definition) is 2. The van der Waals surface area contributed by atoms with E-state index in [9.17, 15) is 0 Å². The van der Waals surface area contributed by atoms with E-state index in [1.54, 1.807) is 0 Å². The number of unbranched alkanes of at least 4 members (excludes halogenated alkanes) is 13. The number of benzene rings is 1. The Kier molecular flexibility index (Phi) is 25.9. The van der Waals surface area contributed by atoms with Crippen molar-refractivity contribution < 1.29 is 19.5 Å². The van der Waals surface area contributed by atoms with Gasteiger partial charge < -0.3 is 30.6 Å². The summed E-state index contributed by atoms with van der Waals surface area (Å²) in [4.78, 5) is 0. The number of rotatable bonds is 15. The van der Waals surface area contributed by atoms with Crippen molar-refractivity contribution in [2.45, 2.75) is 103 Å². The van der Waals surface area contributed by atoms with E-state index in [1.807, 2.05) is 6.07 Å². The quantitative estimate of drug-likeness (QED) is 0.0982. The molecular formula is C23H39NS2Zn. The molecule has 0 aliphatic heterocycles. The summed E-state index contributed by atoms with van der Waals surface area (Å²) >= 11 is 8.26. The second-order valence-electron chi connectivity index (χ2n) is 7.05. The van der Waals surface area contributed by atoms with Crippen LogP contribution in [0, 0.1) is 6.07 Å². The molecule has 0 saturated carbocycles. The van der Waals surface area contributed by atoms with Crippen molar-refractivity contribution >= 4 is 29.2 Å². The van der Waals surface area contributed by atoms with Crippen molar-refractivity contribution in [3.63, 3.8) is 0 Å². The van der Waals surface area contributed by atoms with E-state index in [4.69, 9.17) is 0 Å². The van der Waals surface area contributed by atoms with Gasteiger partial charge in [0.1, 0.15) is 0 Å². The Hall–Kier alpha value is -0.0466. The Morgan fingerprint density at radius 3 is 1.63 bits per heavy atom. The Labute approximate surface area is 192 Å². The van der Waals surface area contributed by atoms with Crippen LogP contribution < -0.4 is 5.73 Å². The summed E-state index contributed by atoms with van der Waals surface area (Å²) in [7, 11) is 0. The number of nitrogens with two attached hydrogens (primary N) is 1. The molecule has 0 bridgehead atoms. The Morgan fingerprint density at radius 2 is 1.26 bits per heavy atom. The third-order valence-electron chi connectivity index (χ3n) is 4.57. The van der Waals surface area contributed by atoms with Crippen molar-refractivity contribution in [1.29, 1.82) is 0 Å². The van der Waals surface area contributed by atoms with Gasteiger partial charge in [0.05, 0.1) is 0 Å². The molecule has 0 heterocycles. The van der Waals surface area contributed by atoms with Gasteiger partial charge in [-0.15, -0.1) is 0 Å². The Balaban J connectivity index is 0. The van der Waals surface area contributed by atoms with Crippen LogP contribution in [0.4, 0.5) is 0 Å². The van der Waals surface area contributed by atoms with E-state index in [-0.39, 0.29) is 23.8 Å². The van der Waals surface area contributed by atoms with E-state index < -0.39 is 0 Å². The molecule has 0 amide bonds. The molecule has 0 radical (unpaired) electrons. The van der Waals surface area contributed by atoms with Crippen LogP contribution in [-0.4, -0.2) is 4.32 Å². The minimum Gasteiger partial charge on any atom is -0.415 e. The third kappa shape index (κ3) is 26.0. The molecule has 0 saturated heterocycles. The first kappa shape index (κ1) is 29.2. The van der Waals surface area contributed by atoms with Gasteiger partial charge in [0.15, 0.2) is 0 Å². The topological polar surface area (TPSA) is 26.0 Å². The molecule has 27 heavy (non-hydrogen) atoms. The van der Waals surface area contributed by atoms with Crippen molar-refractivity contribution in [3.05, 3.63) is 35.9 Å². The maximum Gasteiger partial charge on any atom is 2.00 e. The monoisotopic (exact) mass is 457 g/mol. The van der Waals surface area contributed by atoms with E-state index in [0.29, 0.717) is 0 Å². The van der Waals surface area contributed by atoms with Crippen LogP contribution in [0.15, 0.2) is 24.3 Å².